The maximum Gasteiger partial charge on any atom is 0.248 e. The van der Waals surface area contributed by atoms with E-state index in [-0.39, 0.29) is 6.61 Å². The summed E-state index contributed by atoms with van der Waals surface area (Å²) in [6.45, 7) is 7.57. The number of hydrogen-bond acceptors (Lipinski definition) is 6. The molecule has 0 aliphatic carbocycles. The number of rotatable bonds is 5. The van der Waals surface area contributed by atoms with Crippen molar-refractivity contribution in [3.05, 3.63) is 35.7 Å². The second kappa shape index (κ2) is 7.00. The van der Waals surface area contributed by atoms with Crippen molar-refractivity contribution in [2.24, 2.45) is 0 Å². The molecule has 0 bridgehead atoms. The smallest absolute Gasteiger partial charge is 0.248 e. The quantitative estimate of drug-likeness (QED) is 0.894. The molecule has 0 atom stereocenters. The van der Waals surface area contributed by atoms with E-state index < -0.39 is 0 Å². The van der Waals surface area contributed by atoms with Gasteiger partial charge in [0.15, 0.2) is 0 Å². The van der Waals surface area contributed by atoms with Crippen molar-refractivity contribution in [3.8, 4) is 11.5 Å². The van der Waals surface area contributed by atoms with Crippen LogP contribution in [0.1, 0.15) is 11.5 Å². The van der Waals surface area contributed by atoms with Gasteiger partial charge in [-0.05, 0) is 18.6 Å². The summed E-state index contributed by atoms with van der Waals surface area (Å²) >= 11 is 0. The van der Waals surface area contributed by atoms with Gasteiger partial charge < -0.3 is 9.52 Å². The highest BCUT2D eigenvalue weighted by molar-refractivity contribution is 5.57. The van der Waals surface area contributed by atoms with E-state index in [9.17, 15) is 0 Å². The SMILES string of the molecule is Cc1ccccc1-c1nnc(CN2CCN(CCO)CC2)o1. The average molecular weight is 302 g/mol. The van der Waals surface area contributed by atoms with Crippen molar-refractivity contribution in [2.75, 3.05) is 39.3 Å². The van der Waals surface area contributed by atoms with Crippen LogP contribution in [-0.4, -0.2) is 64.4 Å². The zero-order valence-corrected chi connectivity index (χ0v) is 12.9. The minimum absolute atomic E-state index is 0.226. The summed E-state index contributed by atoms with van der Waals surface area (Å²) in [6.07, 6.45) is 0. The van der Waals surface area contributed by atoms with Crippen molar-refractivity contribution < 1.29 is 9.52 Å². The van der Waals surface area contributed by atoms with Crippen LogP contribution in [0.25, 0.3) is 11.5 Å². The van der Waals surface area contributed by atoms with Crippen LogP contribution in [0.3, 0.4) is 0 Å². The largest absolute Gasteiger partial charge is 0.419 e. The van der Waals surface area contributed by atoms with E-state index in [2.05, 4.69) is 20.0 Å². The van der Waals surface area contributed by atoms with Crippen molar-refractivity contribution in [3.63, 3.8) is 0 Å². The predicted octanol–water partition coefficient (Wildman–Crippen LogP) is 1.15. The molecule has 0 amide bonds. The van der Waals surface area contributed by atoms with E-state index in [4.69, 9.17) is 9.52 Å². The number of aromatic nitrogens is 2. The molecule has 118 valence electrons. The van der Waals surface area contributed by atoms with Gasteiger partial charge in [0.05, 0.1) is 13.2 Å². The molecule has 1 N–H and O–H groups in total. The molecule has 0 spiro atoms. The van der Waals surface area contributed by atoms with E-state index >= 15 is 0 Å². The zero-order chi connectivity index (χ0) is 15.4. The fraction of sp³-hybridized carbons (Fsp3) is 0.500. The number of hydrogen-bond donors (Lipinski definition) is 1. The van der Waals surface area contributed by atoms with Crippen LogP contribution in [0.5, 0.6) is 0 Å². The van der Waals surface area contributed by atoms with E-state index in [0.717, 1.165) is 43.9 Å². The molecule has 3 rings (SSSR count). The average Bonchev–Trinajstić information content (AvgIpc) is 2.98. The second-order valence-electron chi connectivity index (χ2n) is 5.66. The van der Waals surface area contributed by atoms with Crippen molar-refractivity contribution in [1.82, 2.24) is 20.0 Å². The summed E-state index contributed by atoms with van der Waals surface area (Å²) in [7, 11) is 0. The molecule has 1 fully saturated rings. The molecule has 1 aromatic carbocycles. The van der Waals surface area contributed by atoms with Gasteiger partial charge in [0.1, 0.15) is 0 Å². The third-order valence-corrected chi connectivity index (χ3v) is 4.08. The lowest BCUT2D eigenvalue weighted by molar-refractivity contribution is 0.103. The molecule has 1 aliphatic heterocycles. The van der Waals surface area contributed by atoms with Gasteiger partial charge >= 0.3 is 0 Å². The molecule has 2 heterocycles. The van der Waals surface area contributed by atoms with Gasteiger partial charge in [0, 0.05) is 38.3 Å². The lowest BCUT2D eigenvalue weighted by atomic mass is 10.1. The number of aryl methyl sites for hydroxylation is 1. The van der Waals surface area contributed by atoms with E-state index in [1.54, 1.807) is 0 Å². The molecular formula is C16H22N4O2. The molecule has 0 saturated carbocycles. The Morgan fingerprint density at radius 3 is 2.55 bits per heavy atom. The highest BCUT2D eigenvalue weighted by Crippen LogP contribution is 2.22. The van der Waals surface area contributed by atoms with Gasteiger partial charge in [0.2, 0.25) is 11.8 Å². The number of nitrogens with zero attached hydrogens (tertiary/aromatic N) is 4. The minimum Gasteiger partial charge on any atom is -0.419 e. The Kier molecular flexibility index (Phi) is 4.82. The number of benzene rings is 1. The van der Waals surface area contributed by atoms with Crippen LogP contribution in [0, 0.1) is 6.92 Å². The van der Waals surface area contributed by atoms with Gasteiger partial charge in [-0.1, -0.05) is 18.2 Å². The van der Waals surface area contributed by atoms with Gasteiger partial charge in [-0.25, -0.2) is 0 Å². The van der Waals surface area contributed by atoms with E-state index in [1.165, 1.54) is 0 Å². The van der Waals surface area contributed by atoms with Crippen LogP contribution < -0.4 is 0 Å². The second-order valence-corrected chi connectivity index (χ2v) is 5.66. The lowest BCUT2D eigenvalue weighted by Gasteiger charge is -2.33. The molecule has 1 aromatic heterocycles. The van der Waals surface area contributed by atoms with Gasteiger partial charge in [-0.2, -0.15) is 0 Å². The Hall–Kier alpha value is -1.76. The van der Waals surface area contributed by atoms with Crippen molar-refractivity contribution in [2.45, 2.75) is 13.5 Å². The van der Waals surface area contributed by atoms with Crippen LogP contribution >= 0.6 is 0 Å². The molecule has 6 nitrogen and oxygen atoms in total. The molecule has 2 aromatic rings. The maximum atomic E-state index is 8.96. The zero-order valence-electron chi connectivity index (χ0n) is 12.9. The third-order valence-electron chi connectivity index (χ3n) is 4.08. The van der Waals surface area contributed by atoms with E-state index in [0.29, 0.717) is 18.3 Å². The molecule has 22 heavy (non-hydrogen) atoms. The standard InChI is InChI=1S/C16H22N4O2/c1-13-4-2-3-5-14(13)16-18-17-15(22-16)12-20-8-6-19(7-9-20)10-11-21/h2-5,21H,6-12H2,1H3. The molecule has 1 saturated heterocycles. The monoisotopic (exact) mass is 302 g/mol. The van der Waals surface area contributed by atoms with Crippen LogP contribution in [0.2, 0.25) is 0 Å². The molecule has 0 radical (unpaired) electrons. The van der Waals surface area contributed by atoms with Gasteiger partial charge in [-0.3, -0.25) is 9.80 Å². The Morgan fingerprint density at radius 1 is 1.09 bits per heavy atom. The van der Waals surface area contributed by atoms with Crippen molar-refractivity contribution >= 4 is 0 Å². The fourth-order valence-corrected chi connectivity index (χ4v) is 2.74. The Balaban J connectivity index is 1.60. The van der Waals surface area contributed by atoms with Crippen LogP contribution in [0.4, 0.5) is 0 Å². The summed E-state index contributed by atoms with van der Waals surface area (Å²) in [5.74, 6) is 1.25. The highest BCUT2D eigenvalue weighted by atomic mass is 16.4. The number of aliphatic hydroxyl groups is 1. The summed E-state index contributed by atoms with van der Waals surface area (Å²) in [6, 6.07) is 8.02. The third kappa shape index (κ3) is 3.52. The maximum absolute atomic E-state index is 8.96. The number of aliphatic hydroxyl groups excluding tert-OH is 1. The van der Waals surface area contributed by atoms with Crippen LogP contribution in [0.15, 0.2) is 28.7 Å². The first-order valence-electron chi connectivity index (χ1n) is 7.70. The topological polar surface area (TPSA) is 65.6 Å². The summed E-state index contributed by atoms with van der Waals surface area (Å²) in [4.78, 5) is 4.58. The predicted molar refractivity (Wildman–Crippen MR) is 83.3 cm³/mol. The molecule has 0 unspecified atom stereocenters. The molecule has 1 aliphatic rings. The first kappa shape index (κ1) is 15.1. The number of β-amino-alcohol motifs (C(OH)–C–C–N with tert-alkyl or cyclic N) is 1. The fourth-order valence-electron chi connectivity index (χ4n) is 2.74. The van der Waals surface area contributed by atoms with Crippen molar-refractivity contribution in [1.29, 1.82) is 0 Å². The first-order valence-corrected chi connectivity index (χ1v) is 7.70. The lowest BCUT2D eigenvalue weighted by Crippen LogP contribution is -2.46. The van der Waals surface area contributed by atoms with Gasteiger partial charge in [0.25, 0.3) is 0 Å². The molecule has 6 heteroatoms. The summed E-state index contributed by atoms with van der Waals surface area (Å²) in [5, 5.41) is 17.3. The first-order chi connectivity index (χ1) is 10.8. The highest BCUT2D eigenvalue weighted by Gasteiger charge is 2.19. The number of piperazine rings is 1. The molecular weight excluding hydrogens is 280 g/mol. The van der Waals surface area contributed by atoms with E-state index in [1.807, 2.05) is 31.2 Å². The Labute approximate surface area is 130 Å². The van der Waals surface area contributed by atoms with Gasteiger partial charge in [-0.15, -0.1) is 10.2 Å². The van der Waals surface area contributed by atoms with Crippen LogP contribution in [-0.2, 0) is 6.54 Å². The normalized spacial score (nSPS) is 17.0. The Bertz CT molecular complexity index is 606. The minimum atomic E-state index is 0.226. The summed E-state index contributed by atoms with van der Waals surface area (Å²) < 4.78 is 5.81. The summed E-state index contributed by atoms with van der Waals surface area (Å²) in [5.41, 5.74) is 2.13. The Morgan fingerprint density at radius 2 is 1.82 bits per heavy atom.